The largest absolute Gasteiger partial charge is 0.422 e. The molecule has 0 saturated heterocycles. The van der Waals surface area contributed by atoms with Gasteiger partial charge in [-0.25, -0.2) is 9.78 Å². The summed E-state index contributed by atoms with van der Waals surface area (Å²) in [6, 6.07) is 10.7. The Morgan fingerprint density at radius 3 is 3.05 bits per heavy atom. The molecule has 0 fully saturated rings. The van der Waals surface area contributed by atoms with Crippen molar-refractivity contribution < 1.29 is 9.21 Å². The number of amides is 1. The molecule has 3 aromatic rings. The third kappa shape index (κ3) is 2.73. The van der Waals surface area contributed by atoms with E-state index in [2.05, 4.69) is 10.3 Å². The second kappa shape index (κ2) is 5.79. The van der Waals surface area contributed by atoms with E-state index in [0.717, 1.165) is 5.39 Å². The predicted molar refractivity (Wildman–Crippen MR) is 82.5 cm³/mol. The van der Waals surface area contributed by atoms with E-state index in [4.69, 9.17) is 9.68 Å². The fraction of sp³-hybridized carbons (Fsp3) is 0.0667. The van der Waals surface area contributed by atoms with Gasteiger partial charge >= 0.3 is 5.63 Å². The molecule has 0 aliphatic rings. The van der Waals surface area contributed by atoms with Gasteiger partial charge in [-0.2, -0.15) is 5.26 Å². The van der Waals surface area contributed by atoms with Gasteiger partial charge in [0.2, 0.25) is 5.91 Å². The van der Waals surface area contributed by atoms with Gasteiger partial charge in [0.05, 0.1) is 17.3 Å². The molecule has 2 aromatic heterocycles. The molecule has 1 N–H and O–H groups in total. The predicted octanol–water partition coefficient (Wildman–Crippen LogP) is 2.77. The van der Waals surface area contributed by atoms with Crippen molar-refractivity contribution in [2.24, 2.45) is 0 Å². The molecule has 0 unspecified atom stereocenters. The number of hydrogen-bond acceptors (Lipinski definition) is 6. The minimum absolute atomic E-state index is 0.243. The van der Waals surface area contributed by atoms with Crippen LogP contribution >= 0.6 is 11.3 Å². The molecule has 108 valence electrons. The van der Waals surface area contributed by atoms with E-state index >= 15 is 0 Å². The third-order valence-electron chi connectivity index (χ3n) is 2.91. The van der Waals surface area contributed by atoms with Crippen LogP contribution in [0.1, 0.15) is 6.42 Å². The van der Waals surface area contributed by atoms with Crippen molar-refractivity contribution in [3.63, 3.8) is 0 Å². The average molecular weight is 311 g/mol. The minimum Gasteiger partial charge on any atom is -0.422 e. The lowest BCUT2D eigenvalue weighted by atomic mass is 10.1. The van der Waals surface area contributed by atoms with Crippen LogP contribution < -0.4 is 10.9 Å². The second-order valence-electron chi connectivity index (χ2n) is 4.41. The zero-order valence-corrected chi connectivity index (χ0v) is 12.0. The molecule has 7 heteroatoms. The number of rotatable bonds is 3. The van der Waals surface area contributed by atoms with Crippen LogP contribution in [0.15, 0.2) is 44.9 Å². The van der Waals surface area contributed by atoms with Gasteiger partial charge in [-0.1, -0.05) is 18.2 Å². The van der Waals surface area contributed by atoms with Crippen LogP contribution in [0.5, 0.6) is 0 Å². The van der Waals surface area contributed by atoms with Crippen LogP contribution in [0.4, 0.5) is 5.13 Å². The summed E-state index contributed by atoms with van der Waals surface area (Å²) in [6.45, 7) is 0. The highest BCUT2D eigenvalue weighted by molar-refractivity contribution is 7.14. The monoisotopic (exact) mass is 311 g/mol. The zero-order chi connectivity index (χ0) is 15.5. The number of aromatic nitrogens is 1. The SMILES string of the molecule is N#CCC(=O)Nc1nc(-c2cc3ccccc3oc2=O)cs1. The van der Waals surface area contributed by atoms with E-state index < -0.39 is 11.5 Å². The van der Waals surface area contributed by atoms with Crippen molar-refractivity contribution >= 4 is 33.3 Å². The first kappa shape index (κ1) is 14.0. The Morgan fingerprint density at radius 2 is 2.23 bits per heavy atom. The minimum atomic E-state index is -0.487. The van der Waals surface area contributed by atoms with Gasteiger partial charge in [-0.15, -0.1) is 11.3 Å². The third-order valence-corrected chi connectivity index (χ3v) is 3.67. The summed E-state index contributed by atoms with van der Waals surface area (Å²) in [5, 5.41) is 13.7. The van der Waals surface area contributed by atoms with Crippen molar-refractivity contribution in [3.05, 3.63) is 46.1 Å². The van der Waals surface area contributed by atoms with E-state index in [0.29, 0.717) is 22.0 Å². The summed E-state index contributed by atoms with van der Waals surface area (Å²) in [5.74, 6) is -0.436. The Morgan fingerprint density at radius 1 is 1.41 bits per heavy atom. The molecule has 0 radical (unpaired) electrons. The van der Waals surface area contributed by atoms with Crippen molar-refractivity contribution in [2.75, 3.05) is 5.32 Å². The molecule has 1 amide bonds. The van der Waals surface area contributed by atoms with E-state index in [1.807, 2.05) is 12.1 Å². The molecule has 0 aliphatic heterocycles. The van der Waals surface area contributed by atoms with Gasteiger partial charge in [0.15, 0.2) is 5.13 Å². The summed E-state index contributed by atoms with van der Waals surface area (Å²) >= 11 is 1.18. The number of carbonyl (C=O) groups is 1. The molecular formula is C15H9N3O3S. The summed E-state index contributed by atoms with van der Waals surface area (Å²) in [7, 11) is 0. The van der Waals surface area contributed by atoms with Crippen LogP contribution in [0.2, 0.25) is 0 Å². The number of fused-ring (bicyclic) bond motifs is 1. The number of nitrogens with zero attached hydrogens (tertiary/aromatic N) is 2. The van der Waals surface area contributed by atoms with Crippen molar-refractivity contribution in [2.45, 2.75) is 6.42 Å². The summed E-state index contributed by atoms with van der Waals surface area (Å²) in [6.07, 6.45) is -0.243. The molecule has 22 heavy (non-hydrogen) atoms. The molecule has 6 nitrogen and oxygen atoms in total. The van der Waals surface area contributed by atoms with Crippen LogP contribution in [-0.2, 0) is 4.79 Å². The Balaban J connectivity index is 1.96. The van der Waals surface area contributed by atoms with E-state index in [1.165, 1.54) is 11.3 Å². The topological polar surface area (TPSA) is 96.0 Å². The standard InChI is InChI=1S/C15H9N3O3S/c16-6-5-13(19)18-15-17-11(8-22-15)10-7-9-3-1-2-4-12(9)21-14(10)20/h1-4,7-8H,5H2,(H,17,18,19). The summed E-state index contributed by atoms with van der Waals surface area (Å²) < 4.78 is 5.25. The maximum atomic E-state index is 12.0. The number of hydrogen-bond donors (Lipinski definition) is 1. The van der Waals surface area contributed by atoms with E-state index in [9.17, 15) is 9.59 Å². The van der Waals surface area contributed by atoms with Gasteiger partial charge in [0.25, 0.3) is 0 Å². The van der Waals surface area contributed by atoms with Crippen LogP contribution in [0, 0.1) is 11.3 Å². The lowest BCUT2D eigenvalue weighted by molar-refractivity contribution is -0.115. The first-order valence-corrected chi connectivity index (χ1v) is 7.21. The number of nitriles is 1. The number of nitrogens with one attached hydrogen (secondary N) is 1. The number of anilines is 1. The highest BCUT2D eigenvalue weighted by atomic mass is 32.1. The van der Waals surface area contributed by atoms with Gasteiger partial charge in [0.1, 0.15) is 12.0 Å². The number of thiazole rings is 1. The Hall–Kier alpha value is -2.98. The van der Waals surface area contributed by atoms with Gasteiger partial charge in [-0.3, -0.25) is 4.79 Å². The zero-order valence-electron chi connectivity index (χ0n) is 11.2. The Labute approximate surface area is 128 Å². The molecule has 0 saturated carbocycles. The van der Waals surface area contributed by atoms with Crippen molar-refractivity contribution in [1.82, 2.24) is 4.98 Å². The molecule has 0 spiro atoms. The van der Waals surface area contributed by atoms with Crippen LogP contribution in [-0.4, -0.2) is 10.9 Å². The highest BCUT2D eigenvalue weighted by Gasteiger charge is 2.12. The number of benzene rings is 1. The molecule has 0 aliphatic carbocycles. The van der Waals surface area contributed by atoms with Gasteiger partial charge in [-0.05, 0) is 12.1 Å². The first-order valence-electron chi connectivity index (χ1n) is 6.33. The normalized spacial score (nSPS) is 10.3. The fourth-order valence-corrected chi connectivity index (χ4v) is 2.66. The highest BCUT2D eigenvalue weighted by Crippen LogP contribution is 2.25. The van der Waals surface area contributed by atoms with Gasteiger partial charge in [0, 0.05) is 10.8 Å². The molecule has 2 heterocycles. The Bertz CT molecular complexity index is 952. The quantitative estimate of drug-likeness (QED) is 0.750. The number of carbonyl (C=O) groups excluding carboxylic acids is 1. The van der Waals surface area contributed by atoms with Crippen LogP contribution in [0.25, 0.3) is 22.2 Å². The van der Waals surface area contributed by atoms with Crippen molar-refractivity contribution in [3.8, 4) is 17.3 Å². The van der Waals surface area contributed by atoms with E-state index in [-0.39, 0.29) is 6.42 Å². The van der Waals surface area contributed by atoms with Crippen molar-refractivity contribution in [1.29, 1.82) is 5.26 Å². The molecule has 1 aromatic carbocycles. The fourth-order valence-electron chi connectivity index (χ4n) is 1.93. The van der Waals surface area contributed by atoms with E-state index in [1.54, 1.807) is 29.6 Å². The molecular weight excluding hydrogens is 302 g/mol. The molecule has 3 rings (SSSR count). The van der Waals surface area contributed by atoms with Crippen LogP contribution in [0.3, 0.4) is 0 Å². The average Bonchev–Trinajstić information content (AvgIpc) is 2.95. The Kier molecular flexibility index (Phi) is 3.68. The first-order chi connectivity index (χ1) is 10.7. The lowest BCUT2D eigenvalue weighted by Gasteiger charge is -1.99. The summed E-state index contributed by atoms with van der Waals surface area (Å²) in [5.41, 5.74) is 0.778. The maximum Gasteiger partial charge on any atom is 0.345 e. The van der Waals surface area contributed by atoms with Gasteiger partial charge < -0.3 is 9.73 Å². The molecule has 0 atom stereocenters. The summed E-state index contributed by atoms with van der Waals surface area (Å²) in [4.78, 5) is 27.6. The number of para-hydroxylation sites is 1. The smallest absolute Gasteiger partial charge is 0.345 e. The maximum absolute atomic E-state index is 12.0. The second-order valence-corrected chi connectivity index (χ2v) is 5.26. The lowest BCUT2D eigenvalue weighted by Crippen LogP contribution is -2.10. The molecule has 0 bridgehead atoms.